The molecule has 1 aliphatic heterocycles. The van der Waals surface area contributed by atoms with E-state index in [-0.39, 0.29) is 11.4 Å². The molecule has 1 aliphatic rings. The minimum atomic E-state index is -0.534. The monoisotopic (exact) mass is 351 g/mol. The number of hydrogen-bond acceptors (Lipinski definition) is 3. The average Bonchev–Trinajstić information content (AvgIpc) is 2.62. The number of ether oxygens (including phenoxy) is 1. The molecule has 0 spiro atoms. The number of carbonyl (C=O) groups is 1. The van der Waals surface area contributed by atoms with E-state index < -0.39 is 5.60 Å². The first-order chi connectivity index (χ1) is 12.4. The molecule has 1 heterocycles. The summed E-state index contributed by atoms with van der Waals surface area (Å²) in [5.74, 6) is -0.238. The number of nitrogens with one attached hydrogen (secondary N) is 1. The van der Waals surface area contributed by atoms with Gasteiger partial charge in [0.2, 0.25) is 0 Å². The molecule has 1 fully saturated rings. The summed E-state index contributed by atoms with van der Waals surface area (Å²) < 4.78 is 6.11. The summed E-state index contributed by atoms with van der Waals surface area (Å²) >= 11 is 0. The molecule has 0 unspecified atom stereocenters. The quantitative estimate of drug-likeness (QED) is 0.811. The van der Waals surface area contributed by atoms with Crippen LogP contribution in [0.15, 0.2) is 54.6 Å². The molecule has 0 amide bonds. The summed E-state index contributed by atoms with van der Waals surface area (Å²) in [5.41, 5.74) is 2.65. The van der Waals surface area contributed by atoms with Gasteiger partial charge in [0.1, 0.15) is 5.60 Å². The average molecular weight is 351 g/mol. The fraction of sp³-hybridized carbons (Fsp3) is 0.435. The zero-order chi connectivity index (χ0) is 18.6. The van der Waals surface area contributed by atoms with Gasteiger partial charge in [0, 0.05) is 12.8 Å². The van der Waals surface area contributed by atoms with E-state index in [0.29, 0.717) is 5.56 Å². The van der Waals surface area contributed by atoms with E-state index in [2.05, 4.69) is 38.2 Å². The van der Waals surface area contributed by atoms with Crippen LogP contribution in [0, 0.1) is 5.41 Å². The highest BCUT2D eigenvalue weighted by molar-refractivity contribution is 5.89. The van der Waals surface area contributed by atoms with Crippen LogP contribution in [0.3, 0.4) is 0 Å². The highest BCUT2D eigenvalue weighted by atomic mass is 16.6. The standard InChI is InChI=1S/C23H29NO2/c1-22(2,3)17-18-9-11-19(12-10-18)21(25)26-23(13-15-24-16-14-23)20-7-5-4-6-8-20/h4-12,24H,13-17H2,1-3H3. The van der Waals surface area contributed by atoms with Gasteiger partial charge in [-0.15, -0.1) is 0 Å². The van der Waals surface area contributed by atoms with Crippen molar-refractivity contribution in [1.29, 1.82) is 0 Å². The molecule has 138 valence electrons. The van der Waals surface area contributed by atoms with Gasteiger partial charge >= 0.3 is 5.97 Å². The fourth-order valence-corrected chi connectivity index (χ4v) is 3.63. The molecule has 2 aromatic rings. The van der Waals surface area contributed by atoms with Crippen LogP contribution < -0.4 is 5.32 Å². The Morgan fingerprint density at radius 1 is 1.00 bits per heavy atom. The lowest BCUT2D eigenvalue weighted by Crippen LogP contribution is -2.43. The van der Waals surface area contributed by atoms with Gasteiger partial charge < -0.3 is 10.1 Å². The van der Waals surface area contributed by atoms with Crippen molar-refractivity contribution in [2.45, 2.75) is 45.6 Å². The topological polar surface area (TPSA) is 38.3 Å². The Morgan fingerprint density at radius 3 is 2.19 bits per heavy atom. The maximum absolute atomic E-state index is 12.8. The zero-order valence-corrected chi connectivity index (χ0v) is 16.0. The molecule has 0 radical (unpaired) electrons. The van der Waals surface area contributed by atoms with E-state index in [1.165, 1.54) is 5.56 Å². The first kappa shape index (κ1) is 18.7. The van der Waals surface area contributed by atoms with E-state index in [1.54, 1.807) is 0 Å². The lowest BCUT2D eigenvalue weighted by molar-refractivity contribution is -0.0378. The summed E-state index contributed by atoms with van der Waals surface area (Å²) in [6, 6.07) is 18.0. The molecule has 2 aromatic carbocycles. The number of benzene rings is 2. The maximum atomic E-state index is 12.8. The molecule has 0 aliphatic carbocycles. The fourth-order valence-electron chi connectivity index (χ4n) is 3.63. The van der Waals surface area contributed by atoms with E-state index in [1.807, 2.05) is 42.5 Å². The summed E-state index contributed by atoms with van der Waals surface area (Å²) in [5, 5.41) is 3.36. The molecule has 1 N–H and O–H groups in total. The molecule has 3 heteroatoms. The second-order valence-corrected chi connectivity index (χ2v) is 8.43. The van der Waals surface area contributed by atoms with Gasteiger partial charge in [-0.3, -0.25) is 0 Å². The van der Waals surface area contributed by atoms with Crippen molar-refractivity contribution in [3.63, 3.8) is 0 Å². The second kappa shape index (κ2) is 7.63. The molecule has 0 atom stereocenters. The van der Waals surface area contributed by atoms with Crippen molar-refractivity contribution in [2.24, 2.45) is 5.41 Å². The second-order valence-electron chi connectivity index (χ2n) is 8.43. The van der Waals surface area contributed by atoms with Gasteiger partial charge in [0.05, 0.1) is 5.56 Å². The van der Waals surface area contributed by atoms with Gasteiger partial charge in [-0.25, -0.2) is 4.79 Å². The van der Waals surface area contributed by atoms with Crippen LogP contribution in [0.4, 0.5) is 0 Å². The Kier molecular flexibility index (Phi) is 5.47. The number of carbonyl (C=O) groups excluding carboxylic acids is 1. The molecule has 3 rings (SSSR count). The molecule has 26 heavy (non-hydrogen) atoms. The van der Waals surface area contributed by atoms with E-state index in [0.717, 1.165) is 37.9 Å². The Morgan fingerprint density at radius 2 is 1.62 bits per heavy atom. The predicted molar refractivity (Wildman–Crippen MR) is 105 cm³/mol. The van der Waals surface area contributed by atoms with Crippen molar-refractivity contribution < 1.29 is 9.53 Å². The van der Waals surface area contributed by atoms with Crippen LogP contribution in [-0.4, -0.2) is 19.1 Å². The third-order valence-corrected chi connectivity index (χ3v) is 4.92. The van der Waals surface area contributed by atoms with Crippen LogP contribution in [0.1, 0.15) is 55.1 Å². The Hall–Kier alpha value is -2.13. The van der Waals surface area contributed by atoms with Crippen molar-refractivity contribution in [3.8, 4) is 0 Å². The SMILES string of the molecule is CC(C)(C)Cc1ccc(C(=O)OC2(c3ccccc3)CCNCC2)cc1. The Balaban J connectivity index is 1.78. The first-order valence-corrected chi connectivity index (χ1v) is 9.47. The normalized spacial score (nSPS) is 16.9. The number of rotatable bonds is 4. The Bertz CT molecular complexity index is 723. The number of piperidine rings is 1. The highest BCUT2D eigenvalue weighted by Crippen LogP contribution is 2.35. The van der Waals surface area contributed by atoms with E-state index in [4.69, 9.17) is 4.74 Å². The van der Waals surface area contributed by atoms with Crippen molar-refractivity contribution in [1.82, 2.24) is 5.32 Å². The largest absolute Gasteiger partial charge is 0.450 e. The first-order valence-electron chi connectivity index (χ1n) is 9.47. The Labute approximate surface area is 156 Å². The maximum Gasteiger partial charge on any atom is 0.339 e. The summed E-state index contributed by atoms with van der Waals surface area (Å²) in [7, 11) is 0. The minimum absolute atomic E-state index is 0.231. The minimum Gasteiger partial charge on any atom is -0.450 e. The molecular weight excluding hydrogens is 322 g/mol. The summed E-state index contributed by atoms with van der Waals surface area (Å²) in [6.07, 6.45) is 2.58. The smallest absolute Gasteiger partial charge is 0.339 e. The van der Waals surface area contributed by atoms with E-state index >= 15 is 0 Å². The van der Waals surface area contributed by atoms with Gasteiger partial charge in [0.25, 0.3) is 0 Å². The lowest BCUT2D eigenvalue weighted by atomic mass is 9.84. The van der Waals surface area contributed by atoms with Crippen LogP contribution in [0.2, 0.25) is 0 Å². The predicted octanol–water partition coefficient (Wildman–Crippen LogP) is 4.71. The van der Waals surface area contributed by atoms with Crippen LogP contribution in [0.5, 0.6) is 0 Å². The molecule has 0 saturated carbocycles. The molecule has 0 bridgehead atoms. The zero-order valence-electron chi connectivity index (χ0n) is 16.0. The van der Waals surface area contributed by atoms with Gasteiger partial charge in [-0.1, -0.05) is 63.2 Å². The third kappa shape index (κ3) is 4.53. The molecular formula is C23H29NO2. The lowest BCUT2D eigenvalue weighted by Gasteiger charge is -2.37. The summed E-state index contributed by atoms with van der Waals surface area (Å²) in [6.45, 7) is 8.36. The van der Waals surface area contributed by atoms with Crippen LogP contribution in [-0.2, 0) is 16.8 Å². The van der Waals surface area contributed by atoms with Crippen LogP contribution >= 0.6 is 0 Å². The van der Waals surface area contributed by atoms with Crippen molar-refractivity contribution in [3.05, 3.63) is 71.3 Å². The van der Waals surface area contributed by atoms with Crippen molar-refractivity contribution >= 4 is 5.97 Å². The molecule has 0 aromatic heterocycles. The number of esters is 1. The number of hydrogen-bond donors (Lipinski definition) is 1. The molecule has 1 saturated heterocycles. The molecule has 3 nitrogen and oxygen atoms in total. The van der Waals surface area contributed by atoms with Gasteiger partial charge in [-0.2, -0.15) is 0 Å². The van der Waals surface area contributed by atoms with Crippen molar-refractivity contribution in [2.75, 3.05) is 13.1 Å². The summed E-state index contributed by atoms with van der Waals surface area (Å²) in [4.78, 5) is 12.8. The van der Waals surface area contributed by atoms with Crippen LogP contribution in [0.25, 0.3) is 0 Å². The third-order valence-electron chi connectivity index (χ3n) is 4.92. The van der Waals surface area contributed by atoms with Gasteiger partial charge in [0.15, 0.2) is 0 Å². The highest BCUT2D eigenvalue weighted by Gasteiger charge is 2.38. The van der Waals surface area contributed by atoms with E-state index in [9.17, 15) is 4.79 Å². The van der Waals surface area contributed by atoms with Gasteiger partial charge in [-0.05, 0) is 48.2 Å².